The largest absolute Gasteiger partial charge is 0.418 e. The molecule has 0 amide bonds. The summed E-state index contributed by atoms with van der Waals surface area (Å²) in [6.45, 7) is 0. The van der Waals surface area contributed by atoms with Crippen LogP contribution in [0.3, 0.4) is 0 Å². The molecule has 0 spiro atoms. The van der Waals surface area contributed by atoms with E-state index in [1.807, 2.05) is 12.1 Å². The van der Waals surface area contributed by atoms with Gasteiger partial charge in [0, 0.05) is 12.0 Å². The second kappa shape index (κ2) is 10.5. The van der Waals surface area contributed by atoms with Crippen molar-refractivity contribution in [1.82, 2.24) is 0 Å². The normalized spacial score (nSPS) is 18.3. The number of fused-ring (bicyclic) bond motifs is 2. The molecule has 0 aromatic heterocycles. The number of halogens is 8. The van der Waals surface area contributed by atoms with E-state index < -0.39 is 53.6 Å². The molecule has 3 aliphatic carbocycles. The van der Waals surface area contributed by atoms with E-state index in [9.17, 15) is 56.2 Å². The number of hydrogen-bond acceptors (Lipinski definition) is 4. The van der Waals surface area contributed by atoms with Crippen molar-refractivity contribution in [3.05, 3.63) is 120 Å². The molecule has 0 aliphatic heterocycles. The lowest BCUT2D eigenvalue weighted by Crippen LogP contribution is -2.18. The lowest BCUT2D eigenvalue weighted by Gasteiger charge is -2.15. The average molecular weight is 604 g/mol. The Bertz CT molecular complexity index is 2230. The number of nitrogens with zero attached hydrogens (tertiary/aromatic N) is 4. The van der Waals surface area contributed by atoms with Gasteiger partial charge in [-0.25, -0.2) is 8.78 Å². The van der Waals surface area contributed by atoms with Gasteiger partial charge in [0.15, 0.2) is 0 Å². The van der Waals surface area contributed by atoms with Crippen molar-refractivity contribution in [1.29, 1.82) is 21.0 Å². The van der Waals surface area contributed by atoms with Gasteiger partial charge in [0.25, 0.3) is 0 Å². The Labute approximate surface area is 242 Å². The molecule has 2 aromatic rings. The van der Waals surface area contributed by atoms with Crippen LogP contribution in [0.1, 0.15) is 35.1 Å². The minimum atomic E-state index is -4.94. The van der Waals surface area contributed by atoms with Gasteiger partial charge in [-0.05, 0) is 86.0 Å². The molecule has 4 nitrogen and oxygen atoms in total. The van der Waals surface area contributed by atoms with Gasteiger partial charge in [-0.2, -0.15) is 47.4 Å². The van der Waals surface area contributed by atoms with Gasteiger partial charge in [-0.3, -0.25) is 0 Å². The summed E-state index contributed by atoms with van der Waals surface area (Å²) in [7, 11) is 0. The summed E-state index contributed by atoms with van der Waals surface area (Å²) in [6, 6.07) is 12.7. The number of allylic oxidation sites excluding steroid dienone is 9. The fourth-order valence-electron chi connectivity index (χ4n) is 5.39. The Morgan fingerprint density at radius 1 is 0.682 bits per heavy atom. The molecule has 0 N–H and O–H groups in total. The predicted octanol–water partition coefficient (Wildman–Crippen LogP) is 6.67. The van der Waals surface area contributed by atoms with Crippen LogP contribution in [0.5, 0.6) is 0 Å². The Balaban J connectivity index is 1.86. The van der Waals surface area contributed by atoms with Crippen LogP contribution in [0.15, 0.2) is 76.9 Å². The van der Waals surface area contributed by atoms with Crippen molar-refractivity contribution in [3.63, 3.8) is 0 Å². The van der Waals surface area contributed by atoms with Crippen LogP contribution in [0, 0.1) is 55.8 Å². The van der Waals surface area contributed by atoms with Crippen LogP contribution in [-0.2, 0) is 0 Å². The first-order valence-electron chi connectivity index (χ1n) is 12.5. The maximum Gasteiger partial charge on any atom is 0.418 e. The molecule has 3 aliphatic rings. The van der Waals surface area contributed by atoms with Crippen LogP contribution >= 0.6 is 0 Å². The van der Waals surface area contributed by atoms with Crippen LogP contribution in [-0.4, -0.2) is 12.4 Å². The van der Waals surface area contributed by atoms with E-state index in [-0.39, 0.29) is 59.8 Å². The molecule has 0 radical (unpaired) electrons. The van der Waals surface area contributed by atoms with Gasteiger partial charge >= 0.3 is 12.4 Å². The molecule has 0 heterocycles. The third kappa shape index (κ3) is 4.87. The second-order valence-electron chi connectivity index (χ2n) is 9.77. The van der Waals surface area contributed by atoms with Crippen molar-refractivity contribution in [3.8, 4) is 24.3 Å². The number of alkyl halides is 6. The molecule has 0 unspecified atom stereocenters. The van der Waals surface area contributed by atoms with E-state index in [0.717, 1.165) is 6.08 Å². The highest BCUT2D eigenvalue weighted by molar-refractivity contribution is 5.91. The first-order chi connectivity index (χ1) is 20.7. The van der Waals surface area contributed by atoms with Crippen molar-refractivity contribution in [2.24, 2.45) is 0 Å². The third-order valence-corrected chi connectivity index (χ3v) is 7.33. The van der Waals surface area contributed by atoms with Crippen molar-refractivity contribution in [2.75, 3.05) is 0 Å². The van der Waals surface area contributed by atoms with Gasteiger partial charge in [0.05, 0.1) is 34.4 Å². The Hall–Kier alpha value is -5.72. The van der Waals surface area contributed by atoms with Crippen molar-refractivity contribution < 1.29 is 35.1 Å². The van der Waals surface area contributed by atoms with E-state index in [2.05, 4.69) is 0 Å². The molecular weight excluding hydrogens is 592 g/mol. The van der Waals surface area contributed by atoms with Crippen LogP contribution < -0.4 is 10.4 Å². The highest BCUT2D eigenvalue weighted by Crippen LogP contribution is 2.39. The summed E-state index contributed by atoms with van der Waals surface area (Å²) >= 11 is 0. The summed E-state index contributed by atoms with van der Waals surface area (Å²) in [5, 5.41) is 39.9. The van der Waals surface area contributed by atoms with Gasteiger partial charge in [-0.15, -0.1) is 0 Å². The first-order valence-corrected chi connectivity index (χ1v) is 12.5. The van der Waals surface area contributed by atoms with Gasteiger partial charge < -0.3 is 0 Å². The van der Waals surface area contributed by atoms with E-state index in [1.165, 1.54) is 24.3 Å². The van der Waals surface area contributed by atoms with E-state index >= 15 is 0 Å². The van der Waals surface area contributed by atoms with Crippen LogP contribution in [0.4, 0.5) is 35.1 Å². The first kappa shape index (κ1) is 29.8. The zero-order chi connectivity index (χ0) is 32.1. The van der Waals surface area contributed by atoms with Gasteiger partial charge in [-0.1, -0.05) is 12.2 Å². The molecule has 12 heteroatoms. The summed E-state index contributed by atoms with van der Waals surface area (Å²) < 4.78 is 108. The fraction of sp³-hybridized carbons (Fsp3) is 0.125. The molecule has 216 valence electrons. The molecule has 0 saturated carbocycles. The van der Waals surface area contributed by atoms with Crippen molar-refractivity contribution >= 4 is 16.7 Å². The molecule has 5 rings (SSSR count). The topological polar surface area (TPSA) is 95.2 Å². The Morgan fingerprint density at radius 2 is 1.23 bits per heavy atom. The molecular formula is C32H12F8N4. The average Bonchev–Trinajstić information content (AvgIpc) is 3.27. The molecule has 0 saturated heterocycles. The highest BCUT2D eigenvalue weighted by Gasteiger charge is 2.38. The van der Waals surface area contributed by atoms with Crippen LogP contribution in [0.25, 0.3) is 16.7 Å². The Morgan fingerprint density at radius 3 is 1.66 bits per heavy atom. The number of nitriles is 4. The minimum absolute atomic E-state index is 0.0104. The zero-order valence-electron chi connectivity index (χ0n) is 21.8. The Kier molecular flexibility index (Phi) is 7.12. The lowest BCUT2D eigenvalue weighted by molar-refractivity contribution is -0.0919. The number of rotatable bonds is 0. The summed E-state index contributed by atoms with van der Waals surface area (Å²) in [4.78, 5) is 0. The van der Waals surface area contributed by atoms with Gasteiger partial charge in [0.2, 0.25) is 0 Å². The van der Waals surface area contributed by atoms with Crippen molar-refractivity contribution in [2.45, 2.75) is 25.2 Å². The van der Waals surface area contributed by atoms with E-state index in [1.54, 1.807) is 12.1 Å². The minimum Gasteiger partial charge on any atom is -0.211 e. The van der Waals surface area contributed by atoms with E-state index in [4.69, 9.17) is 0 Å². The number of benzene rings is 2. The maximum atomic E-state index is 14.5. The third-order valence-electron chi connectivity index (χ3n) is 7.33. The number of hydrogen-bond donors (Lipinski definition) is 0. The zero-order valence-corrected chi connectivity index (χ0v) is 21.8. The lowest BCUT2D eigenvalue weighted by atomic mass is 9.91. The summed E-state index contributed by atoms with van der Waals surface area (Å²) in [6.07, 6.45) is -8.21. The predicted molar refractivity (Wildman–Crippen MR) is 139 cm³/mol. The maximum absolute atomic E-state index is 14.5. The summed E-state index contributed by atoms with van der Waals surface area (Å²) in [5.41, 5.74) is -3.12. The molecule has 0 bridgehead atoms. The molecule has 0 fully saturated rings. The van der Waals surface area contributed by atoms with Crippen LogP contribution in [0.2, 0.25) is 0 Å². The molecule has 2 aromatic carbocycles. The standard InChI is InChI=1S/C32H12F8N4/c33-28-7-15(1-3-26(28)31(35,36)37)20-9-24-22(5-17(20)11-41)23-6-18(12-42)21(10-25(23)30(24)19(13-43)14-44)16-2-4-27(29(34)8-16)32(38,39)40/h1,3-6,8-10H,2,7H2. The second-order valence-corrected chi connectivity index (χ2v) is 9.77. The fourth-order valence-corrected chi connectivity index (χ4v) is 5.39. The monoisotopic (exact) mass is 604 g/mol. The SMILES string of the molecule is N#CC(C#N)=C1c2cc(=C3C=C(F)C(C(F)(F)F)=CC3)c(C#N)cc2=c2cc(C#N)c(=C3C=CC(C(F)(F)F)=C(F)C3)cc21. The summed E-state index contributed by atoms with van der Waals surface area (Å²) in [5.74, 6) is -3.03. The van der Waals surface area contributed by atoms with E-state index in [0.29, 0.717) is 18.2 Å². The quantitative estimate of drug-likeness (QED) is 0.212. The molecule has 0 atom stereocenters. The van der Waals surface area contributed by atoms with Gasteiger partial charge in [0.1, 0.15) is 29.4 Å². The highest BCUT2D eigenvalue weighted by atomic mass is 19.4. The molecule has 44 heavy (non-hydrogen) atoms. The smallest absolute Gasteiger partial charge is 0.211 e.